The number of rotatable bonds is 3. The number of carbonyl (C=O) groups is 2. The topological polar surface area (TPSA) is 66.8 Å². The fourth-order valence-electron chi connectivity index (χ4n) is 1.99. The molecule has 0 aliphatic carbocycles. The summed E-state index contributed by atoms with van der Waals surface area (Å²) in [5, 5.41) is 8.79. The normalized spacial score (nSPS) is 21.0. The SMILES string of the molecule is CC(C)(C)OC(=O)N1CCC(=O)[C@H](CCCO)C1. The predicted octanol–water partition coefficient (Wildman–Crippen LogP) is 1.58. The van der Waals surface area contributed by atoms with E-state index >= 15 is 0 Å². The van der Waals surface area contributed by atoms with Crippen molar-refractivity contribution in [1.82, 2.24) is 4.90 Å². The van der Waals surface area contributed by atoms with E-state index in [1.54, 1.807) is 4.90 Å². The van der Waals surface area contributed by atoms with Crippen LogP contribution in [-0.4, -0.2) is 47.2 Å². The highest BCUT2D eigenvalue weighted by Gasteiger charge is 2.31. The Balaban J connectivity index is 2.53. The maximum Gasteiger partial charge on any atom is 0.410 e. The first-order valence-corrected chi connectivity index (χ1v) is 6.45. The number of ketones is 1. The second kappa shape index (κ2) is 6.18. The van der Waals surface area contributed by atoms with E-state index in [1.165, 1.54) is 0 Å². The monoisotopic (exact) mass is 257 g/mol. The Morgan fingerprint density at radius 3 is 2.72 bits per heavy atom. The van der Waals surface area contributed by atoms with Crippen LogP contribution in [0.1, 0.15) is 40.0 Å². The lowest BCUT2D eigenvalue weighted by Gasteiger charge is -2.33. The summed E-state index contributed by atoms with van der Waals surface area (Å²) < 4.78 is 5.29. The zero-order valence-electron chi connectivity index (χ0n) is 11.4. The summed E-state index contributed by atoms with van der Waals surface area (Å²) in [5.74, 6) is 0.0293. The van der Waals surface area contributed by atoms with Crippen molar-refractivity contribution >= 4 is 11.9 Å². The molecular formula is C13H23NO4. The number of ether oxygens (including phenoxy) is 1. The van der Waals surface area contributed by atoms with Gasteiger partial charge in [-0.15, -0.1) is 0 Å². The van der Waals surface area contributed by atoms with Crippen LogP contribution in [0.25, 0.3) is 0 Å². The van der Waals surface area contributed by atoms with Crippen LogP contribution < -0.4 is 0 Å². The van der Waals surface area contributed by atoms with Gasteiger partial charge in [0.1, 0.15) is 11.4 Å². The molecule has 5 heteroatoms. The number of piperidine rings is 1. The lowest BCUT2D eigenvalue weighted by molar-refractivity contribution is -0.126. The molecular weight excluding hydrogens is 234 g/mol. The Morgan fingerprint density at radius 2 is 2.17 bits per heavy atom. The van der Waals surface area contributed by atoms with Gasteiger partial charge in [0.2, 0.25) is 0 Å². The summed E-state index contributed by atoms with van der Waals surface area (Å²) in [5.41, 5.74) is -0.515. The molecule has 0 aromatic heterocycles. The maximum atomic E-state index is 11.9. The molecule has 0 radical (unpaired) electrons. The molecule has 1 N–H and O–H groups in total. The fourth-order valence-corrected chi connectivity index (χ4v) is 1.99. The zero-order chi connectivity index (χ0) is 13.8. The molecule has 0 spiro atoms. The third kappa shape index (κ3) is 4.64. The summed E-state index contributed by atoms with van der Waals surface area (Å²) >= 11 is 0. The van der Waals surface area contributed by atoms with Gasteiger partial charge in [-0.25, -0.2) is 4.79 Å². The van der Waals surface area contributed by atoms with Gasteiger partial charge in [-0.3, -0.25) is 4.79 Å². The van der Waals surface area contributed by atoms with Gasteiger partial charge in [0, 0.05) is 32.0 Å². The highest BCUT2D eigenvalue weighted by atomic mass is 16.6. The summed E-state index contributed by atoms with van der Waals surface area (Å²) in [4.78, 5) is 25.2. The van der Waals surface area contributed by atoms with Crippen molar-refractivity contribution in [2.24, 2.45) is 5.92 Å². The van der Waals surface area contributed by atoms with Crippen LogP contribution in [0.15, 0.2) is 0 Å². The van der Waals surface area contributed by atoms with E-state index in [9.17, 15) is 9.59 Å². The minimum atomic E-state index is -0.515. The van der Waals surface area contributed by atoms with Crippen LogP contribution in [0.4, 0.5) is 4.79 Å². The van der Waals surface area contributed by atoms with E-state index in [0.717, 1.165) is 0 Å². The minimum absolute atomic E-state index is 0.0796. The number of amides is 1. The largest absolute Gasteiger partial charge is 0.444 e. The van der Waals surface area contributed by atoms with Crippen molar-refractivity contribution in [3.05, 3.63) is 0 Å². The van der Waals surface area contributed by atoms with Gasteiger partial charge >= 0.3 is 6.09 Å². The van der Waals surface area contributed by atoms with Gasteiger partial charge in [-0.1, -0.05) is 0 Å². The zero-order valence-corrected chi connectivity index (χ0v) is 11.4. The molecule has 1 amide bonds. The van der Waals surface area contributed by atoms with Crippen LogP contribution in [0.2, 0.25) is 0 Å². The number of Topliss-reactive ketones (excluding diaryl/α,β-unsaturated/α-hetero) is 1. The van der Waals surface area contributed by atoms with E-state index < -0.39 is 5.60 Å². The summed E-state index contributed by atoms with van der Waals surface area (Å²) in [6, 6.07) is 0. The van der Waals surface area contributed by atoms with Gasteiger partial charge in [0.15, 0.2) is 0 Å². The first kappa shape index (κ1) is 15.0. The van der Waals surface area contributed by atoms with Crippen LogP contribution in [0.5, 0.6) is 0 Å². The Morgan fingerprint density at radius 1 is 1.50 bits per heavy atom. The second-order valence-electron chi connectivity index (χ2n) is 5.71. The average molecular weight is 257 g/mol. The van der Waals surface area contributed by atoms with E-state index in [-0.39, 0.29) is 24.4 Å². The highest BCUT2D eigenvalue weighted by molar-refractivity contribution is 5.84. The van der Waals surface area contributed by atoms with Gasteiger partial charge in [-0.2, -0.15) is 0 Å². The third-order valence-electron chi connectivity index (χ3n) is 2.89. The number of hydrogen-bond acceptors (Lipinski definition) is 4. The van der Waals surface area contributed by atoms with E-state index in [1.807, 2.05) is 20.8 Å². The molecule has 104 valence electrons. The lowest BCUT2D eigenvalue weighted by atomic mass is 9.92. The number of carbonyl (C=O) groups excluding carboxylic acids is 2. The molecule has 1 atom stereocenters. The molecule has 1 aliphatic heterocycles. The van der Waals surface area contributed by atoms with Crippen LogP contribution >= 0.6 is 0 Å². The number of nitrogens with zero attached hydrogens (tertiary/aromatic N) is 1. The lowest BCUT2D eigenvalue weighted by Crippen LogP contribution is -2.46. The molecule has 1 fully saturated rings. The molecule has 18 heavy (non-hydrogen) atoms. The number of likely N-dealkylation sites (tertiary alicyclic amines) is 1. The second-order valence-corrected chi connectivity index (χ2v) is 5.71. The summed E-state index contributed by atoms with van der Waals surface area (Å²) in [7, 11) is 0. The molecule has 1 aliphatic rings. The van der Waals surface area contributed by atoms with Crippen LogP contribution in [0, 0.1) is 5.92 Å². The van der Waals surface area contributed by atoms with E-state index in [4.69, 9.17) is 9.84 Å². The molecule has 1 rings (SSSR count). The van der Waals surface area contributed by atoms with Crippen LogP contribution in [-0.2, 0) is 9.53 Å². The van der Waals surface area contributed by atoms with Crippen molar-refractivity contribution in [2.75, 3.05) is 19.7 Å². The van der Waals surface area contributed by atoms with Crippen molar-refractivity contribution in [3.63, 3.8) is 0 Å². The molecule has 0 bridgehead atoms. The first-order chi connectivity index (χ1) is 8.33. The van der Waals surface area contributed by atoms with Crippen molar-refractivity contribution in [1.29, 1.82) is 0 Å². The van der Waals surface area contributed by atoms with Crippen molar-refractivity contribution in [2.45, 2.75) is 45.6 Å². The maximum absolute atomic E-state index is 11.9. The summed E-state index contributed by atoms with van der Waals surface area (Å²) in [6.45, 7) is 6.39. The Labute approximate surface area is 108 Å². The molecule has 1 saturated heterocycles. The average Bonchev–Trinajstić information content (AvgIpc) is 2.25. The Kier molecular flexibility index (Phi) is 5.14. The minimum Gasteiger partial charge on any atom is -0.444 e. The number of aliphatic hydroxyl groups is 1. The van der Waals surface area contributed by atoms with Crippen molar-refractivity contribution in [3.8, 4) is 0 Å². The van der Waals surface area contributed by atoms with Gasteiger partial charge in [0.25, 0.3) is 0 Å². The molecule has 0 aromatic carbocycles. The number of hydrogen-bond donors (Lipinski definition) is 1. The van der Waals surface area contributed by atoms with Crippen molar-refractivity contribution < 1.29 is 19.4 Å². The van der Waals surface area contributed by atoms with E-state index in [2.05, 4.69) is 0 Å². The third-order valence-corrected chi connectivity index (χ3v) is 2.89. The predicted molar refractivity (Wildman–Crippen MR) is 67.2 cm³/mol. The van der Waals surface area contributed by atoms with E-state index in [0.29, 0.717) is 32.4 Å². The fraction of sp³-hybridized carbons (Fsp3) is 0.846. The molecule has 0 unspecified atom stereocenters. The van der Waals surface area contributed by atoms with Crippen LogP contribution in [0.3, 0.4) is 0 Å². The summed E-state index contributed by atoms with van der Waals surface area (Å²) in [6.07, 6.45) is 1.26. The van der Waals surface area contributed by atoms with Gasteiger partial charge in [0.05, 0.1) is 0 Å². The first-order valence-electron chi connectivity index (χ1n) is 6.45. The Bertz CT molecular complexity index is 309. The molecule has 1 heterocycles. The molecule has 0 saturated carbocycles. The van der Waals surface area contributed by atoms with Gasteiger partial charge in [-0.05, 0) is 33.6 Å². The smallest absolute Gasteiger partial charge is 0.410 e. The highest BCUT2D eigenvalue weighted by Crippen LogP contribution is 2.20. The quantitative estimate of drug-likeness (QED) is 0.833. The molecule has 5 nitrogen and oxygen atoms in total. The van der Waals surface area contributed by atoms with Gasteiger partial charge < -0.3 is 14.7 Å². The number of aliphatic hydroxyl groups excluding tert-OH is 1. The Hall–Kier alpha value is -1.10. The molecule has 0 aromatic rings. The standard InChI is InChI=1S/C13H23NO4/c1-13(2,3)18-12(17)14-7-6-11(16)10(9-14)5-4-8-15/h10,15H,4-9H2,1-3H3/t10-/m1/s1.